The van der Waals surface area contributed by atoms with Crippen molar-refractivity contribution in [3.63, 3.8) is 0 Å². The molecule has 17 heavy (non-hydrogen) atoms. The topological polar surface area (TPSA) is 64.1 Å². The van der Waals surface area contributed by atoms with Crippen LogP contribution in [0.3, 0.4) is 0 Å². The van der Waals surface area contributed by atoms with Crippen molar-refractivity contribution in [2.45, 2.75) is 6.92 Å². The summed E-state index contributed by atoms with van der Waals surface area (Å²) < 4.78 is 5.20. The summed E-state index contributed by atoms with van der Waals surface area (Å²) in [7, 11) is 1.58. The summed E-state index contributed by atoms with van der Waals surface area (Å²) >= 11 is 1.35. The Balaban J connectivity index is 2.33. The maximum Gasteiger partial charge on any atom is 0.223 e. The van der Waals surface area contributed by atoms with E-state index in [4.69, 9.17) is 4.74 Å². The lowest BCUT2D eigenvalue weighted by atomic mass is 10.3. The minimum atomic E-state index is -0.140. The van der Waals surface area contributed by atoms with Gasteiger partial charge in [0, 0.05) is 18.5 Å². The molecule has 0 radical (unpaired) electrons. The van der Waals surface area contributed by atoms with E-state index in [1.54, 1.807) is 19.4 Å². The Labute approximate surface area is 102 Å². The van der Waals surface area contributed by atoms with Crippen molar-refractivity contribution < 1.29 is 9.53 Å². The van der Waals surface area contributed by atoms with Crippen LogP contribution < -0.4 is 10.1 Å². The number of carbonyl (C=O) groups is 1. The molecule has 0 aromatic carbocycles. The number of hydrogen-bond acceptors (Lipinski definition) is 5. The Bertz CT molecular complexity index is 539. The van der Waals surface area contributed by atoms with E-state index >= 15 is 0 Å². The first-order valence-electron chi connectivity index (χ1n) is 4.93. The Hall–Kier alpha value is -1.95. The minimum absolute atomic E-state index is 0.140. The van der Waals surface area contributed by atoms with Crippen molar-refractivity contribution in [1.29, 1.82) is 0 Å². The van der Waals surface area contributed by atoms with Gasteiger partial charge in [-0.1, -0.05) is 0 Å². The standard InChI is InChI=1S/C11H11N3O2S/c1-7(15)13-11-14-8(6-17-11)10-9(16-2)4-3-5-12-10/h3-6H,1-2H3,(H,13,14,15). The van der Waals surface area contributed by atoms with E-state index in [-0.39, 0.29) is 5.91 Å². The molecule has 0 fully saturated rings. The highest BCUT2D eigenvalue weighted by molar-refractivity contribution is 7.14. The Kier molecular flexibility index (Phi) is 3.34. The molecule has 0 aliphatic rings. The summed E-state index contributed by atoms with van der Waals surface area (Å²) in [5.41, 5.74) is 1.36. The second-order valence-corrected chi connectivity index (χ2v) is 4.13. The molecule has 5 nitrogen and oxygen atoms in total. The van der Waals surface area contributed by atoms with Gasteiger partial charge in [0.2, 0.25) is 5.91 Å². The quantitative estimate of drug-likeness (QED) is 0.905. The van der Waals surface area contributed by atoms with Crippen LogP contribution in [0.15, 0.2) is 23.7 Å². The molecule has 1 amide bonds. The van der Waals surface area contributed by atoms with Crippen molar-refractivity contribution in [2.75, 3.05) is 12.4 Å². The number of amides is 1. The highest BCUT2D eigenvalue weighted by atomic mass is 32.1. The van der Waals surface area contributed by atoms with Crippen LogP contribution in [-0.4, -0.2) is 23.0 Å². The summed E-state index contributed by atoms with van der Waals surface area (Å²) in [6.45, 7) is 1.45. The Morgan fingerprint density at radius 3 is 3.06 bits per heavy atom. The minimum Gasteiger partial charge on any atom is -0.494 e. The van der Waals surface area contributed by atoms with E-state index in [1.165, 1.54) is 18.3 Å². The van der Waals surface area contributed by atoms with Gasteiger partial charge >= 0.3 is 0 Å². The molecule has 2 aromatic rings. The number of aromatic nitrogens is 2. The van der Waals surface area contributed by atoms with Gasteiger partial charge in [0.25, 0.3) is 0 Å². The molecule has 0 atom stereocenters. The number of ether oxygens (including phenoxy) is 1. The van der Waals surface area contributed by atoms with Crippen molar-refractivity contribution in [1.82, 2.24) is 9.97 Å². The fraction of sp³-hybridized carbons (Fsp3) is 0.182. The van der Waals surface area contributed by atoms with E-state index in [1.807, 2.05) is 11.4 Å². The monoisotopic (exact) mass is 249 g/mol. The van der Waals surface area contributed by atoms with Crippen LogP contribution in [0.1, 0.15) is 6.92 Å². The third-order valence-corrected chi connectivity index (χ3v) is 2.78. The van der Waals surface area contributed by atoms with Crippen LogP contribution in [0.25, 0.3) is 11.4 Å². The molecule has 0 spiro atoms. The van der Waals surface area contributed by atoms with E-state index in [0.29, 0.717) is 22.3 Å². The first-order chi connectivity index (χ1) is 8.20. The fourth-order valence-corrected chi connectivity index (χ4v) is 2.08. The van der Waals surface area contributed by atoms with Gasteiger partial charge in [-0.2, -0.15) is 0 Å². The average molecular weight is 249 g/mol. The lowest BCUT2D eigenvalue weighted by Gasteiger charge is -2.03. The Morgan fingerprint density at radius 2 is 2.35 bits per heavy atom. The zero-order valence-corrected chi connectivity index (χ0v) is 10.2. The summed E-state index contributed by atoms with van der Waals surface area (Å²) in [6.07, 6.45) is 1.68. The predicted molar refractivity (Wildman–Crippen MR) is 66.2 cm³/mol. The van der Waals surface area contributed by atoms with Gasteiger partial charge in [-0.3, -0.25) is 9.78 Å². The van der Waals surface area contributed by atoms with Gasteiger partial charge in [-0.25, -0.2) is 4.98 Å². The molecule has 2 rings (SSSR count). The highest BCUT2D eigenvalue weighted by Crippen LogP contribution is 2.29. The van der Waals surface area contributed by atoms with Crippen LogP contribution in [0.4, 0.5) is 5.13 Å². The molecule has 0 unspecified atom stereocenters. The number of rotatable bonds is 3. The van der Waals surface area contributed by atoms with Crippen molar-refractivity contribution in [2.24, 2.45) is 0 Å². The molecule has 0 saturated heterocycles. The zero-order valence-electron chi connectivity index (χ0n) is 9.43. The summed E-state index contributed by atoms with van der Waals surface area (Å²) in [4.78, 5) is 19.4. The molecular weight excluding hydrogens is 238 g/mol. The van der Waals surface area contributed by atoms with Crippen LogP contribution in [0, 0.1) is 0 Å². The van der Waals surface area contributed by atoms with Gasteiger partial charge in [0.1, 0.15) is 17.1 Å². The summed E-state index contributed by atoms with van der Waals surface area (Å²) in [6, 6.07) is 3.61. The third kappa shape index (κ3) is 2.59. The number of pyridine rings is 1. The Morgan fingerprint density at radius 1 is 1.53 bits per heavy atom. The maximum atomic E-state index is 10.9. The normalized spacial score (nSPS) is 10.0. The molecule has 6 heteroatoms. The number of methoxy groups -OCH3 is 1. The van der Waals surface area contributed by atoms with E-state index in [0.717, 1.165) is 0 Å². The van der Waals surface area contributed by atoms with Crippen molar-refractivity contribution in [3.8, 4) is 17.1 Å². The number of nitrogens with one attached hydrogen (secondary N) is 1. The van der Waals surface area contributed by atoms with Crippen LogP contribution >= 0.6 is 11.3 Å². The van der Waals surface area contributed by atoms with Gasteiger partial charge in [0.05, 0.1) is 7.11 Å². The first kappa shape index (κ1) is 11.5. The zero-order chi connectivity index (χ0) is 12.3. The first-order valence-corrected chi connectivity index (χ1v) is 5.81. The van der Waals surface area contributed by atoms with Gasteiger partial charge in [-0.15, -0.1) is 11.3 Å². The molecule has 0 aliphatic heterocycles. The maximum absolute atomic E-state index is 10.9. The predicted octanol–water partition coefficient (Wildman–Crippen LogP) is 2.17. The van der Waals surface area contributed by atoms with Crippen LogP contribution in [0.5, 0.6) is 5.75 Å². The number of nitrogens with zero attached hydrogens (tertiary/aromatic N) is 2. The van der Waals surface area contributed by atoms with Crippen molar-refractivity contribution in [3.05, 3.63) is 23.7 Å². The summed E-state index contributed by atoms with van der Waals surface area (Å²) in [5, 5.41) is 5.02. The molecule has 0 saturated carbocycles. The van der Waals surface area contributed by atoms with E-state index < -0.39 is 0 Å². The van der Waals surface area contributed by atoms with Gasteiger partial charge < -0.3 is 10.1 Å². The molecule has 0 bridgehead atoms. The van der Waals surface area contributed by atoms with Crippen molar-refractivity contribution >= 4 is 22.4 Å². The lowest BCUT2D eigenvalue weighted by Crippen LogP contribution is -2.05. The fourth-order valence-electron chi connectivity index (χ4n) is 1.34. The van der Waals surface area contributed by atoms with E-state index in [9.17, 15) is 4.79 Å². The van der Waals surface area contributed by atoms with Crippen LogP contribution in [-0.2, 0) is 4.79 Å². The average Bonchev–Trinajstić information content (AvgIpc) is 2.76. The number of hydrogen-bond donors (Lipinski definition) is 1. The van der Waals surface area contributed by atoms with Gasteiger partial charge in [-0.05, 0) is 12.1 Å². The molecular formula is C11H11N3O2S. The summed E-state index contributed by atoms with van der Waals surface area (Å²) in [5.74, 6) is 0.520. The number of thiazole rings is 1. The molecule has 1 N–H and O–H groups in total. The van der Waals surface area contributed by atoms with E-state index in [2.05, 4.69) is 15.3 Å². The highest BCUT2D eigenvalue weighted by Gasteiger charge is 2.11. The second kappa shape index (κ2) is 4.92. The number of anilines is 1. The molecule has 0 aliphatic carbocycles. The molecule has 2 heterocycles. The second-order valence-electron chi connectivity index (χ2n) is 3.27. The van der Waals surface area contributed by atoms with Crippen LogP contribution in [0.2, 0.25) is 0 Å². The smallest absolute Gasteiger partial charge is 0.223 e. The third-order valence-electron chi connectivity index (χ3n) is 2.02. The number of carbonyl (C=O) groups excluding carboxylic acids is 1. The lowest BCUT2D eigenvalue weighted by molar-refractivity contribution is -0.114. The largest absolute Gasteiger partial charge is 0.494 e. The molecule has 88 valence electrons. The SMILES string of the molecule is COc1cccnc1-c1csc(NC(C)=O)n1. The molecule has 2 aromatic heterocycles. The van der Waals surface area contributed by atoms with Gasteiger partial charge in [0.15, 0.2) is 5.13 Å².